The molecule has 4 nitrogen and oxygen atoms in total. The molecule has 0 unspecified atom stereocenters. The molecule has 0 saturated carbocycles. The van der Waals surface area contributed by atoms with Crippen molar-refractivity contribution < 1.29 is 14.3 Å². The van der Waals surface area contributed by atoms with Gasteiger partial charge >= 0.3 is 5.97 Å². The molecule has 1 aliphatic heterocycles. The number of hydrogen-bond acceptors (Lipinski definition) is 3. The van der Waals surface area contributed by atoms with Gasteiger partial charge in [-0.15, -0.1) is 0 Å². The zero-order valence-corrected chi connectivity index (χ0v) is 8.95. The highest BCUT2D eigenvalue weighted by Crippen LogP contribution is 2.30. The average molecular weight is 260 g/mol. The third kappa shape index (κ3) is 1.69. The van der Waals surface area contributed by atoms with E-state index >= 15 is 0 Å². The van der Waals surface area contributed by atoms with Crippen LogP contribution in [0.15, 0.2) is 21.2 Å². The highest BCUT2D eigenvalue weighted by Gasteiger charge is 2.35. The Morgan fingerprint density at radius 3 is 2.93 bits per heavy atom. The number of carbonyl (C=O) groups is 1. The van der Waals surface area contributed by atoms with Crippen LogP contribution in [0.3, 0.4) is 0 Å². The zero-order chi connectivity index (χ0) is 10.1. The second kappa shape index (κ2) is 3.74. The Morgan fingerprint density at radius 2 is 2.36 bits per heavy atom. The molecule has 1 fully saturated rings. The number of carboxylic acids is 1. The van der Waals surface area contributed by atoms with E-state index in [9.17, 15) is 4.79 Å². The van der Waals surface area contributed by atoms with Crippen molar-refractivity contribution >= 4 is 21.9 Å². The Kier molecular flexibility index (Phi) is 2.60. The van der Waals surface area contributed by atoms with Crippen molar-refractivity contribution in [1.29, 1.82) is 0 Å². The Labute approximate surface area is 89.4 Å². The van der Waals surface area contributed by atoms with Crippen molar-refractivity contribution in [2.45, 2.75) is 5.92 Å². The molecular formula is C9H10BrNO3. The van der Waals surface area contributed by atoms with Crippen LogP contribution in [0.25, 0.3) is 0 Å². The Hall–Kier alpha value is -0.810. The van der Waals surface area contributed by atoms with Gasteiger partial charge < -0.3 is 14.8 Å². The van der Waals surface area contributed by atoms with Gasteiger partial charge in [-0.2, -0.15) is 0 Å². The largest absolute Gasteiger partial charge is 0.481 e. The van der Waals surface area contributed by atoms with Gasteiger partial charge in [0.2, 0.25) is 0 Å². The first-order valence-corrected chi connectivity index (χ1v) is 5.16. The average Bonchev–Trinajstić information content (AvgIpc) is 2.70. The van der Waals surface area contributed by atoms with Gasteiger partial charge in [-0.1, -0.05) is 0 Å². The second-order valence-corrected chi connectivity index (χ2v) is 4.13. The topological polar surface area (TPSA) is 62.5 Å². The number of hydrogen-bond donors (Lipinski definition) is 2. The number of halogens is 1. The van der Waals surface area contributed by atoms with Crippen LogP contribution in [0.2, 0.25) is 0 Å². The molecule has 1 aromatic heterocycles. The minimum absolute atomic E-state index is 0.0567. The third-order valence-corrected chi connectivity index (χ3v) is 2.92. The first-order valence-electron chi connectivity index (χ1n) is 4.37. The summed E-state index contributed by atoms with van der Waals surface area (Å²) in [5.74, 6) is -0.478. The van der Waals surface area contributed by atoms with E-state index in [-0.39, 0.29) is 11.8 Å². The molecule has 2 rings (SSSR count). The molecule has 14 heavy (non-hydrogen) atoms. The molecule has 0 amide bonds. The molecule has 2 heterocycles. The molecule has 1 aliphatic rings. The fourth-order valence-electron chi connectivity index (χ4n) is 1.76. The second-order valence-electron chi connectivity index (χ2n) is 3.35. The Bertz CT molecular complexity index is 350. The first kappa shape index (κ1) is 9.73. The summed E-state index contributed by atoms with van der Waals surface area (Å²) in [6.45, 7) is 1.18. The normalized spacial score (nSPS) is 26.6. The molecule has 1 aromatic rings. The minimum atomic E-state index is -0.771. The van der Waals surface area contributed by atoms with Gasteiger partial charge in [0.05, 0.1) is 5.92 Å². The van der Waals surface area contributed by atoms with Crippen molar-refractivity contribution in [2.75, 3.05) is 13.1 Å². The smallest absolute Gasteiger partial charge is 0.308 e. The summed E-state index contributed by atoms with van der Waals surface area (Å²) in [6, 6.07) is 3.60. The molecule has 0 aliphatic carbocycles. The molecule has 0 radical (unpaired) electrons. The van der Waals surface area contributed by atoms with E-state index < -0.39 is 5.97 Å². The summed E-state index contributed by atoms with van der Waals surface area (Å²) in [5, 5.41) is 12.0. The van der Waals surface area contributed by atoms with Gasteiger partial charge in [-0.25, -0.2) is 0 Å². The van der Waals surface area contributed by atoms with E-state index in [0.29, 0.717) is 17.8 Å². The van der Waals surface area contributed by atoms with E-state index in [4.69, 9.17) is 9.52 Å². The maximum atomic E-state index is 10.9. The fourth-order valence-corrected chi connectivity index (χ4v) is 2.08. The molecular weight excluding hydrogens is 250 g/mol. The molecule has 1 saturated heterocycles. The SMILES string of the molecule is O=C(O)[C@H]1CNC[C@H]1c1ccc(Br)o1. The quantitative estimate of drug-likeness (QED) is 0.844. The van der Waals surface area contributed by atoms with Crippen molar-refractivity contribution in [3.63, 3.8) is 0 Å². The van der Waals surface area contributed by atoms with E-state index in [2.05, 4.69) is 21.2 Å². The van der Waals surface area contributed by atoms with Gasteiger partial charge in [0.15, 0.2) is 4.67 Å². The molecule has 0 aromatic carbocycles. The maximum absolute atomic E-state index is 10.9. The van der Waals surface area contributed by atoms with Gasteiger partial charge in [0, 0.05) is 19.0 Å². The van der Waals surface area contributed by atoms with Crippen LogP contribution in [-0.4, -0.2) is 24.2 Å². The molecule has 2 atom stereocenters. The van der Waals surface area contributed by atoms with E-state index in [1.807, 2.05) is 6.07 Å². The Morgan fingerprint density at radius 1 is 1.57 bits per heavy atom. The van der Waals surface area contributed by atoms with Crippen LogP contribution < -0.4 is 5.32 Å². The Balaban J connectivity index is 2.21. The lowest BCUT2D eigenvalue weighted by Gasteiger charge is -2.10. The molecule has 0 spiro atoms. The number of furan rings is 1. The molecule has 2 N–H and O–H groups in total. The van der Waals surface area contributed by atoms with E-state index in [1.54, 1.807) is 6.07 Å². The number of nitrogens with one attached hydrogen (secondary N) is 1. The van der Waals surface area contributed by atoms with Gasteiger partial charge in [-0.05, 0) is 28.1 Å². The minimum Gasteiger partial charge on any atom is -0.481 e. The van der Waals surface area contributed by atoms with Crippen molar-refractivity contribution in [3.05, 3.63) is 22.6 Å². The summed E-state index contributed by atoms with van der Waals surface area (Å²) in [5.41, 5.74) is 0. The van der Waals surface area contributed by atoms with Crippen molar-refractivity contribution in [1.82, 2.24) is 5.32 Å². The van der Waals surface area contributed by atoms with Crippen molar-refractivity contribution in [2.24, 2.45) is 5.92 Å². The van der Waals surface area contributed by atoms with Gasteiger partial charge in [0.1, 0.15) is 5.76 Å². The highest BCUT2D eigenvalue weighted by atomic mass is 79.9. The van der Waals surface area contributed by atoms with Gasteiger partial charge in [-0.3, -0.25) is 4.79 Å². The van der Waals surface area contributed by atoms with Crippen LogP contribution in [0, 0.1) is 5.92 Å². The summed E-state index contributed by atoms with van der Waals surface area (Å²) >= 11 is 3.20. The first-order chi connectivity index (χ1) is 6.68. The van der Waals surface area contributed by atoms with Crippen molar-refractivity contribution in [3.8, 4) is 0 Å². The molecule has 76 valence electrons. The fraction of sp³-hybridized carbons (Fsp3) is 0.444. The zero-order valence-electron chi connectivity index (χ0n) is 7.37. The highest BCUT2D eigenvalue weighted by molar-refractivity contribution is 9.10. The summed E-state index contributed by atoms with van der Waals surface area (Å²) in [4.78, 5) is 10.9. The van der Waals surface area contributed by atoms with Gasteiger partial charge in [0.25, 0.3) is 0 Å². The molecule has 0 bridgehead atoms. The van der Waals surface area contributed by atoms with Crippen LogP contribution in [0.1, 0.15) is 11.7 Å². The standard InChI is InChI=1S/C9H10BrNO3/c10-8-2-1-7(14-8)5-3-11-4-6(5)9(12)13/h1-2,5-6,11H,3-4H2,(H,12,13)/t5-,6+/m1/s1. The summed E-state index contributed by atoms with van der Waals surface area (Å²) in [7, 11) is 0. The summed E-state index contributed by atoms with van der Waals surface area (Å²) in [6.07, 6.45) is 0. The number of rotatable bonds is 2. The number of aliphatic carboxylic acids is 1. The predicted octanol–water partition coefficient (Wildman–Crippen LogP) is 1.43. The maximum Gasteiger partial charge on any atom is 0.308 e. The van der Waals surface area contributed by atoms with E-state index in [1.165, 1.54) is 0 Å². The number of carboxylic acid groups (broad SMARTS) is 1. The van der Waals surface area contributed by atoms with Crippen LogP contribution in [0.5, 0.6) is 0 Å². The third-order valence-electron chi connectivity index (χ3n) is 2.49. The molecule has 5 heteroatoms. The van der Waals surface area contributed by atoms with E-state index in [0.717, 1.165) is 5.76 Å². The monoisotopic (exact) mass is 259 g/mol. The lowest BCUT2D eigenvalue weighted by atomic mass is 9.94. The van der Waals surface area contributed by atoms with Crippen LogP contribution in [0.4, 0.5) is 0 Å². The lowest BCUT2D eigenvalue weighted by Crippen LogP contribution is -2.20. The predicted molar refractivity (Wildman–Crippen MR) is 53.1 cm³/mol. The van der Waals surface area contributed by atoms with Crippen LogP contribution >= 0.6 is 15.9 Å². The summed E-state index contributed by atoms with van der Waals surface area (Å²) < 4.78 is 6.00. The van der Waals surface area contributed by atoms with Crippen LogP contribution in [-0.2, 0) is 4.79 Å². The lowest BCUT2D eigenvalue weighted by molar-refractivity contribution is -0.141.